The lowest BCUT2D eigenvalue weighted by atomic mass is 9.84. The second-order valence-corrected chi connectivity index (χ2v) is 5.74. The van der Waals surface area contributed by atoms with Gasteiger partial charge >= 0.3 is 0 Å². The number of hydrazine groups is 1. The predicted molar refractivity (Wildman–Crippen MR) is 80.6 cm³/mol. The molecule has 1 unspecified atom stereocenters. The first kappa shape index (κ1) is 15.1. The summed E-state index contributed by atoms with van der Waals surface area (Å²) >= 11 is 6.03. The van der Waals surface area contributed by atoms with E-state index in [0.717, 1.165) is 0 Å². The Bertz CT molecular complexity index is 474. The summed E-state index contributed by atoms with van der Waals surface area (Å²) in [6.45, 7) is 2.05. The van der Waals surface area contributed by atoms with E-state index in [1.54, 1.807) is 12.1 Å². The molecule has 6 heteroatoms. The van der Waals surface area contributed by atoms with Gasteiger partial charge in [0.25, 0.3) is 5.91 Å². The molecule has 1 fully saturated rings. The molecular weight excluding hydrogens is 276 g/mol. The van der Waals surface area contributed by atoms with Gasteiger partial charge in [-0.2, -0.15) is 0 Å². The Morgan fingerprint density at radius 3 is 2.75 bits per heavy atom. The number of carbonyl (C=O) groups excluding carboxylic acids is 1. The van der Waals surface area contributed by atoms with E-state index in [1.165, 1.54) is 32.1 Å². The fraction of sp³-hybridized carbons (Fsp3) is 0.571. The van der Waals surface area contributed by atoms with Crippen molar-refractivity contribution >= 4 is 23.3 Å². The Hall–Kier alpha value is -1.33. The first-order valence-corrected chi connectivity index (χ1v) is 7.43. The monoisotopic (exact) mass is 296 g/mol. The van der Waals surface area contributed by atoms with Crippen molar-refractivity contribution in [3.05, 3.63) is 22.8 Å². The van der Waals surface area contributed by atoms with Crippen LogP contribution in [0.15, 0.2) is 12.1 Å². The molecule has 4 N–H and O–H groups in total. The van der Waals surface area contributed by atoms with Gasteiger partial charge in [0.15, 0.2) is 0 Å². The molecule has 0 aromatic carbocycles. The van der Waals surface area contributed by atoms with Gasteiger partial charge in [0.2, 0.25) is 0 Å². The van der Waals surface area contributed by atoms with Crippen LogP contribution >= 0.6 is 11.6 Å². The van der Waals surface area contributed by atoms with Gasteiger partial charge in [-0.05, 0) is 37.8 Å². The van der Waals surface area contributed by atoms with Crippen LogP contribution < -0.4 is 16.6 Å². The molecule has 1 heterocycles. The number of nitrogens with two attached hydrogens (primary N) is 1. The normalized spacial score (nSPS) is 17.6. The number of anilines is 1. The zero-order valence-electron chi connectivity index (χ0n) is 11.7. The van der Waals surface area contributed by atoms with E-state index >= 15 is 0 Å². The first-order chi connectivity index (χ1) is 9.61. The van der Waals surface area contributed by atoms with E-state index in [2.05, 4.69) is 15.7 Å². The first-order valence-electron chi connectivity index (χ1n) is 7.06. The summed E-state index contributed by atoms with van der Waals surface area (Å²) in [5, 5.41) is 3.33. The second kappa shape index (κ2) is 6.90. The summed E-state index contributed by atoms with van der Waals surface area (Å²) in [4.78, 5) is 16.4. The van der Waals surface area contributed by atoms with Crippen LogP contribution in [-0.4, -0.2) is 16.9 Å². The molecule has 1 aliphatic rings. The van der Waals surface area contributed by atoms with Crippen LogP contribution in [0.4, 0.5) is 5.82 Å². The maximum absolute atomic E-state index is 12.3. The van der Waals surface area contributed by atoms with Crippen LogP contribution in [0.5, 0.6) is 0 Å². The van der Waals surface area contributed by atoms with Crippen molar-refractivity contribution in [3.63, 3.8) is 0 Å². The Morgan fingerprint density at radius 1 is 1.40 bits per heavy atom. The Balaban J connectivity index is 2.03. The van der Waals surface area contributed by atoms with Crippen molar-refractivity contribution in [1.82, 2.24) is 10.3 Å². The van der Waals surface area contributed by atoms with Crippen molar-refractivity contribution in [2.75, 3.05) is 5.43 Å². The third kappa shape index (κ3) is 3.61. The molecule has 0 aliphatic heterocycles. The van der Waals surface area contributed by atoms with Gasteiger partial charge in [-0.1, -0.05) is 30.9 Å². The van der Waals surface area contributed by atoms with Gasteiger partial charge in [-0.25, -0.2) is 10.8 Å². The maximum atomic E-state index is 12.3. The molecule has 110 valence electrons. The lowest BCUT2D eigenvalue weighted by molar-refractivity contribution is 0.0914. The molecule has 1 aromatic heterocycles. The average molecular weight is 297 g/mol. The summed E-state index contributed by atoms with van der Waals surface area (Å²) in [6, 6.07) is 3.38. The number of nitrogens with zero attached hydrogens (tertiary/aromatic N) is 1. The summed E-state index contributed by atoms with van der Waals surface area (Å²) < 4.78 is 0. The van der Waals surface area contributed by atoms with E-state index in [-0.39, 0.29) is 17.6 Å². The summed E-state index contributed by atoms with van der Waals surface area (Å²) in [5.41, 5.74) is 2.63. The van der Waals surface area contributed by atoms with Crippen molar-refractivity contribution in [2.24, 2.45) is 11.8 Å². The van der Waals surface area contributed by atoms with Gasteiger partial charge < -0.3 is 10.7 Å². The predicted octanol–water partition coefficient (Wildman–Crippen LogP) is 2.72. The number of hydrogen-bond donors (Lipinski definition) is 3. The van der Waals surface area contributed by atoms with Crippen LogP contribution in [0.3, 0.4) is 0 Å². The minimum absolute atomic E-state index is 0.134. The van der Waals surface area contributed by atoms with E-state index < -0.39 is 0 Å². The average Bonchev–Trinajstić information content (AvgIpc) is 2.48. The molecule has 2 rings (SSSR count). The zero-order chi connectivity index (χ0) is 14.5. The fourth-order valence-corrected chi connectivity index (χ4v) is 2.90. The molecule has 0 bridgehead atoms. The number of aromatic nitrogens is 1. The molecule has 1 atom stereocenters. The Labute approximate surface area is 124 Å². The number of halogens is 1. The van der Waals surface area contributed by atoms with Gasteiger partial charge in [0.1, 0.15) is 11.5 Å². The Kier molecular flexibility index (Phi) is 5.20. The van der Waals surface area contributed by atoms with E-state index in [9.17, 15) is 4.79 Å². The smallest absolute Gasteiger partial charge is 0.271 e. The maximum Gasteiger partial charge on any atom is 0.271 e. The zero-order valence-corrected chi connectivity index (χ0v) is 12.4. The summed E-state index contributed by atoms with van der Waals surface area (Å²) in [7, 11) is 0. The Morgan fingerprint density at radius 2 is 2.10 bits per heavy atom. The van der Waals surface area contributed by atoms with Crippen LogP contribution in [0, 0.1) is 5.92 Å². The molecule has 0 saturated heterocycles. The highest BCUT2D eigenvalue weighted by Crippen LogP contribution is 2.26. The highest BCUT2D eigenvalue weighted by molar-refractivity contribution is 6.33. The molecule has 1 saturated carbocycles. The minimum Gasteiger partial charge on any atom is -0.348 e. The summed E-state index contributed by atoms with van der Waals surface area (Å²) in [6.07, 6.45) is 6.14. The highest BCUT2D eigenvalue weighted by Gasteiger charge is 2.23. The number of nitrogen functional groups attached to an aromatic ring is 1. The van der Waals surface area contributed by atoms with Gasteiger partial charge in [0.05, 0.1) is 5.02 Å². The molecular formula is C14H21ClN4O. The third-order valence-electron chi connectivity index (χ3n) is 3.92. The SMILES string of the molecule is CC(NC(=O)c1nc(NN)ccc1Cl)C1CCCCC1. The summed E-state index contributed by atoms with van der Waals surface area (Å²) in [5.74, 6) is 6.02. The van der Waals surface area contributed by atoms with Crippen LogP contribution in [0.2, 0.25) is 5.02 Å². The standard InChI is InChI=1S/C14H21ClN4O/c1-9(10-5-3-2-4-6-10)17-14(20)13-11(15)7-8-12(18-13)19-16/h7-10H,2-6,16H2,1H3,(H,17,20)(H,18,19). The lowest BCUT2D eigenvalue weighted by Gasteiger charge is -2.28. The molecule has 1 aliphatic carbocycles. The number of pyridine rings is 1. The number of hydrogen-bond acceptors (Lipinski definition) is 4. The van der Waals surface area contributed by atoms with Gasteiger partial charge in [-0.15, -0.1) is 0 Å². The molecule has 1 amide bonds. The quantitative estimate of drug-likeness (QED) is 0.589. The lowest BCUT2D eigenvalue weighted by Crippen LogP contribution is -2.39. The molecule has 0 spiro atoms. The van der Waals surface area contributed by atoms with Crippen LogP contribution in [0.1, 0.15) is 49.5 Å². The number of amides is 1. The molecule has 1 aromatic rings. The van der Waals surface area contributed by atoms with Crippen molar-refractivity contribution < 1.29 is 4.79 Å². The van der Waals surface area contributed by atoms with E-state index in [0.29, 0.717) is 16.8 Å². The largest absolute Gasteiger partial charge is 0.348 e. The van der Waals surface area contributed by atoms with Crippen LogP contribution in [-0.2, 0) is 0 Å². The van der Waals surface area contributed by atoms with Crippen molar-refractivity contribution in [1.29, 1.82) is 0 Å². The number of nitrogens with one attached hydrogen (secondary N) is 2. The third-order valence-corrected chi connectivity index (χ3v) is 4.23. The number of carbonyl (C=O) groups is 1. The topological polar surface area (TPSA) is 80.0 Å². The van der Waals surface area contributed by atoms with Gasteiger partial charge in [-0.3, -0.25) is 4.79 Å². The molecule has 5 nitrogen and oxygen atoms in total. The van der Waals surface area contributed by atoms with Gasteiger partial charge in [0, 0.05) is 6.04 Å². The second-order valence-electron chi connectivity index (χ2n) is 5.33. The highest BCUT2D eigenvalue weighted by atomic mass is 35.5. The number of rotatable bonds is 4. The van der Waals surface area contributed by atoms with Crippen molar-refractivity contribution in [2.45, 2.75) is 45.1 Å². The minimum atomic E-state index is -0.245. The fourth-order valence-electron chi connectivity index (χ4n) is 2.71. The van der Waals surface area contributed by atoms with E-state index in [1.807, 2.05) is 6.92 Å². The van der Waals surface area contributed by atoms with E-state index in [4.69, 9.17) is 17.4 Å². The molecule has 20 heavy (non-hydrogen) atoms. The van der Waals surface area contributed by atoms with Crippen LogP contribution in [0.25, 0.3) is 0 Å². The molecule has 0 radical (unpaired) electrons. The van der Waals surface area contributed by atoms with Crippen molar-refractivity contribution in [3.8, 4) is 0 Å².